The highest BCUT2D eigenvalue weighted by Gasteiger charge is 2.21. The van der Waals surface area contributed by atoms with Crippen molar-refractivity contribution in [3.63, 3.8) is 0 Å². The van der Waals surface area contributed by atoms with E-state index in [0.717, 1.165) is 11.1 Å². The lowest BCUT2D eigenvalue weighted by Gasteiger charge is -2.18. The van der Waals surface area contributed by atoms with E-state index in [0.29, 0.717) is 22.4 Å². The fraction of sp³-hybridized carbons (Fsp3) is 0.227. The van der Waals surface area contributed by atoms with Crippen LogP contribution in [-0.2, 0) is 11.3 Å². The Morgan fingerprint density at radius 1 is 1.14 bits per heavy atom. The molecule has 2 aromatic carbocycles. The largest absolute Gasteiger partial charge is 0.488 e. The highest BCUT2D eigenvalue weighted by Crippen LogP contribution is 2.38. The summed E-state index contributed by atoms with van der Waals surface area (Å²) in [4.78, 5) is 16.9. The molecule has 0 saturated carbocycles. The zero-order chi connectivity index (χ0) is 20.9. The van der Waals surface area contributed by atoms with Gasteiger partial charge in [0, 0.05) is 5.56 Å². The molecule has 0 saturated heterocycles. The maximum absolute atomic E-state index is 12.0. The number of ether oxygens (including phenoxy) is 2. The Labute approximate surface area is 173 Å². The summed E-state index contributed by atoms with van der Waals surface area (Å²) in [6.07, 6.45) is -0.615. The molecule has 0 unspecified atom stereocenters. The minimum atomic E-state index is -0.625. The molecule has 0 aliphatic carbocycles. The van der Waals surface area contributed by atoms with E-state index in [1.165, 1.54) is 11.3 Å². The number of aromatic nitrogens is 1. The Hall–Kier alpha value is -3.37. The van der Waals surface area contributed by atoms with Gasteiger partial charge in [-0.2, -0.15) is 5.26 Å². The molecule has 1 amide bonds. The molecule has 0 fully saturated rings. The van der Waals surface area contributed by atoms with Gasteiger partial charge < -0.3 is 9.47 Å². The van der Waals surface area contributed by atoms with E-state index in [9.17, 15) is 10.1 Å². The highest BCUT2D eigenvalue weighted by atomic mass is 32.1. The fourth-order valence-electron chi connectivity index (χ4n) is 2.54. The number of rotatable bonds is 5. The number of hydrogen-bond donors (Lipinski definition) is 1. The average Bonchev–Trinajstić information content (AvgIpc) is 3.08. The minimum absolute atomic E-state index is 0.219. The molecule has 1 aromatic heterocycles. The van der Waals surface area contributed by atoms with Gasteiger partial charge in [0.25, 0.3) is 0 Å². The number of benzene rings is 2. The standard InChI is InChI=1S/C22H21N3O3S/c1-22(2,3)28-21(26)25-20-24-17(13-23)19(29-20)16-11-7-8-12-18(16)27-14-15-9-5-4-6-10-15/h4-12H,14H2,1-3H3,(H,24,25,26). The Balaban J connectivity index is 1.84. The lowest BCUT2D eigenvalue weighted by atomic mass is 10.1. The zero-order valence-electron chi connectivity index (χ0n) is 16.4. The fourth-order valence-corrected chi connectivity index (χ4v) is 3.47. The van der Waals surface area contributed by atoms with E-state index in [-0.39, 0.29) is 5.69 Å². The third kappa shape index (κ3) is 5.56. The van der Waals surface area contributed by atoms with Crippen LogP contribution in [-0.4, -0.2) is 16.7 Å². The summed E-state index contributed by atoms with van der Waals surface area (Å²) in [6, 6.07) is 19.4. The van der Waals surface area contributed by atoms with Gasteiger partial charge in [-0.15, -0.1) is 0 Å². The van der Waals surface area contributed by atoms with Gasteiger partial charge in [0.05, 0.1) is 4.88 Å². The molecule has 0 spiro atoms. The van der Waals surface area contributed by atoms with Crippen LogP contribution in [0.2, 0.25) is 0 Å². The smallest absolute Gasteiger partial charge is 0.413 e. The van der Waals surface area contributed by atoms with E-state index >= 15 is 0 Å². The summed E-state index contributed by atoms with van der Waals surface area (Å²) < 4.78 is 11.2. The predicted molar refractivity (Wildman–Crippen MR) is 113 cm³/mol. The van der Waals surface area contributed by atoms with Crippen LogP contribution in [0.15, 0.2) is 54.6 Å². The quantitative estimate of drug-likeness (QED) is 0.594. The molecule has 0 atom stereocenters. The van der Waals surface area contributed by atoms with Crippen LogP contribution in [0.1, 0.15) is 32.0 Å². The molecule has 148 valence electrons. The van der Waals surface area contributed by atoms with Crippen LogP contribution in [0.4, 0.5) is 9.93 Å². The van der Waals surface area contributed by atoms with Crippen LogP contribution in [0, 0.1) is 11.3 Å². The number of hydrogen-bond acceptors (Lipinski definition) is 6. The lowest BCUT2D eigenvalue weighted by molar-refractivity contribution is 0.0636. The van der Waals surface area contributed by atoms with Crippen molar-refractivity contribution >= 4 is 22.6 Å². The molecular weight excluding hydrogens is 386 g/mol. The van der Waals surface area contributed by atoms with E-state index < -0.39 is 11.7 Å². The van der Waals surface area contributed by atoms with Gasteiger partial charge >= 0.3 is 6.09 Å². The molecule has 1 heterocycles. The number of carbonyl (C=O) groups is 1. The lowest BCUT2D eigenvalue weighted by Crippen LogP contribution is -2.27. The molecule has 0 aliphatic heterocycles. The Morgan fingerprint density at radius 3 is 2.52 bits per heavy atom. The van der Waals surface area contributed by atoms with Crippen LogP contribution in [0.3, 0.4) is 0 Å². The van der Waals surface area contributed by atoms with Crippen molar-refractivity contribution < 1.29 is 14.3 Å². The maximum atomic E-state index is 12.0. The highest BCUT2D eigenvalue weighted by molar-refractivity contribution is 7.19. The molecule has 1 N–H and O–H groups in total. The van der Waals surface area contributed by atoms with Crippen molar-refractivity contribution in [1.82, 2.24) is 4.98 Å². The van der Waals surface area contributed by atoms with Gasteiger partial charge in [0.2, 0.25) is 0 Å². The molecule has 6 nitrogen and oxygen atoms in total. The Morgan fingerprint density at radius 2 is 1.83 bits per heavy atom. The zero-order valence-corrected chi connectivity index (χ0v) is 17.2. The van der Waals surface area contributed by atoms with Crippen molar-refractivity contribution in [2.24, 2.45) is 0 Å². The molecule has 0 radical (unpaired) electrons. The van der Waals surface area contributed by atoms with E-state index in [1.54, 1.807) is 20.8 Å². The number of carbonyl (C=O) groups excluding carboxylic acids is 1. The molecule has 29 heavy (non-hydrogen) atoms. The van der Waals surface area contributed by atoms with Gasteiger partial charge in [0.15, 0.2) is 10.8 Å². The normalized spacial score (nSPS) is 10.8. The Bertz CT molecular complexity index is 1030. The third-order valence-electron chi connectivity index (χ3n) is 3.71. The summed E-state index contributed by atoms with van der Waals surface area (Å²) in [5, 5.41) is 12.4. The van der Waals surface area contributed by atoms with Gasteiger partial charge in [-0.3, -0.25) is 5.32 Å². The second-order valence-electron chi connectivity index (χ2n) is 7.21. The molecule has 0 bridgehead atoms. The summed E-state index contributed by atoms with van der Waals surface area (Å²) in [5.41, 5.74) is 1.38. The minimum Gasteiger partial charge on any atom is -0.488 e. The first-order valence-electron chi connectivity index (χ1n) is 9.03. The second-order valence-corrected chi connectivity index (χ2v) is 8.20. The summed E-state index contributed by atoms with van der Waals surface area (Å²) >= 11 is 1.20. The number of nitrogens with one attached hydrogen (secondary N) is 1. The SMILES string of the molecule is CC(C)(C)OC(=O)Nc1nc(C#N)c(-c2ccccc2OCc2ccccc2)s1. The molecule has 0 aliphatic rings. The third-order valence-corrected chi connectivity index (χ3v) is 4.71. The number of thiazole rings is 1. The number of anilines is 1. The summed E-state index contributed by atoms with van der Waals surface area (Å²) in [5.74, 6) is 0.639. The first-order valence-corrected chi connectivity index (χ1v) is 9.84. The average molecular weight is 407 g/mol. The van der Waals surface area contributed by atoms with Crippen molar-refractivity contribution in [3.8, 4) is 22.3 Å². The van der Waals surface area contributed by atoms with Crippen LogP contribution < -0.4 is 10.1 Å². The van der Waals surface area contributed by atoms with E-state index in [1.807, 2.05) is 54.6 Å². The van der Waals surface area contributed by atoms with Crippen molar-refractivity contribution in [2.75, 3.05) is 5.32 Å². The van der Waals surface area contributed by atoms with Gasteiger partial charge in [0.1, 0.15) is 24.0 Å². The number of para-hydroxylation sites is 1. The predicted octanol–water partition coefficient (Wildman–Crippen LogP) is 5.61. The summed E-state index contributed by atoms with van der Waals surface area (Å²) in [6.45, 7) is 5.74. The van der Waals surface area contributed by atoms with Crippen molar-refractivity contribution in [1.29, 1.82) is 5.26 Å². The molecule has 7 heteroatoms. The second kappa shape index (κ2) is 8.76. The van der Waals surface area contributed by atoms with Gasteiger partial charge in [-0.05, 0) is 38.5 Å². The number of nitriles is 1. The van der Waals surface area contributed by atoms with Crippen molar-refractivity contribution in [2.45, 2.75) is 33.0 Å². The van der Waals surface area contributed by atoms with E-state index in [2.05, 4.69) is 16.4 Å². The van der Waals surface area contributed by atoms with Crippen LogP contribution in [0.25, 0.3) is 10.4 Å². The number of amides is 1. The molecule has 3 aromatic rings. The Kier molecular flexibility index (Phi) is 6.15. The van der Waals surface area contributed by atoms with Crippen molar-refractivity contribution in [3.05, 3.63) is 65.9 Å². The molecular formula is C22H21N3O3S. The summed E-state index contributed by atoms with van der Waals surface area (Å²) in [7, 11) is 0. The van der Waals surface area contributed by atoms with Gasteiger partial charge in [-0.1, -0.05) is 53.8 Å². The molecule has 3 rings (SSSR count). The van der Waals surface area contributed by atoms with Crippen LogP contribution in [0.5, 0.6) is 5.75 Å². The first kappa shape index (κ1) is 20.4. The maximum Gasteiger partial charge on any atom is 0.413 e. The van der Waals surface area contributed by atoms with E-state index in [4.69, 9.17) is 9.47 Å². The van der Waals surface area contributed by atoms with Crippen LogP contribution >= 0.6 is 11.3 Å². The number of nitrogens with zero attached hydrogens (tertiary/aromatic N) is 2. The topological polar surface area (TPSA) is 84.2 Å². The first-order chi connectivity index (χ1) is 13.9. The monoisotopic (exact) mass is 407 g/mol. The van der Waals surface area contributed by atoms with Gasteiger partial charge in [-0.25, -0.2) is 9.78 Å².